The van der Waals surface area contributed by atoms with Crippen LogP contribution < -0.4 is 5.32 Å². The van der Waals surface area contributed by atoms with Crippen LogP contribution in [0.5, 0.6) is 0 Å². The van der Waals surface area contributed by atoms with Crippen molar-refractivity contribution in [2.45, 2.75) is 29.9 Å². The molecule has 0 heterocycles. The summed E-state index contributed by atoms with van der Waals surface area (Å²) in [5.41, 5.74) is 0.608. The van der Waals surface area contributed by atoms with E-state index in [1.54, 1.807) is 6.92 Å². The van der Waals surface area contributed by atoms with Crippen LogP contribution in [0, 0.1) is 17.6 Å². The number of nitrogens with one attached hydrogen (secondary N) is 1. The lowest BCUT2D eigenvalue weighted by Gasteiger charge is -2.32. The van der Waals surface area contributed by atoms with Gasteiger partial charge in [0.25, 0.3) is 5.91 Å². The Hall–Kier alpha value is -2.12. The van der Waals surface area contributed by atoms with Gasteiger partial charge in [0.2, 0.25) is 0 Å². The number of carbonyl (C=O) groups is 2. The molecule has 1 fully saturated rings. The van der Waals surface area contributed by atoms with Crippen molar-refractivity contribution in [3.8, 4) is 0 Å². The lowest BCUT2D eigenvalue weighted by atomic mass is 9.85. The lowest BCUT2D eigenvalue weighted by Crippen LogP contribution is -2.33. The molecule has 0 aromatic heterocycles. The topological polar surface area (TPSA) is 55.4 Å². The molecule has 28 heavy (non-hydrogen) atoms. The van der Waals surface area contributed by atoms with Crippen molar-refractivity contribution in [3.05, 3.63) is 58.6 Å². The zero-order chi connectivity index (χ0) is 20.3. The first-order chi connectivity index (χ1) is 13.4. The maximum absolute atomic E-state index is 14.2. The van der Waals surface area contributed by atoms with Crippen molar-refractivity contribution in [1.82, 2.24) is 0 Å². The average molecular weight is 426 g/mol. The summed E-state index contributed by atoms with van der Waals surface area (Å²) >= 11 is 7.02. The van der Waals surface area contributed by atoms with Gasteiger partial charge in [-0.25, -0.2) is 8.78 Å². The molecule has 1 saturated carbocycles. The Morgan fingerprint density at radius 2 is 1.89 bits per heavy atom. The fourth-order valence-electron chi connectivity index (χ4n) is 2.81. The smallest absolute Gasteiger partial charge is 0.308 e. The third-order valence-electron chi connectivity index (χ3n) is 4.38. The molecule has 0 radical (unpaired) electrons. The van der Waals surface area contributed by atoms with Crippen LogP contribution >= 0.6 is 23.4 Å². The highest BCUT2D eigenvalue weighted by atomic mass is 35.5. The van der Waals surface area contributed by atoms with Crippen LogP contribution in [0.3, 0.4) is 0 Å². The third-order valence-corrected chi connectivity index (χ3v) is 5.95. The van der Waals surface area contributed by atoms with E-state index >= 15 is 0 Å². The summed E-state index contributed by atoms with van der Waals surface area (Å²) in [6.07, 6.45) is 1.24. The van der Waals surface area contributed by atoms with Gasteiger partial charge in [-0.2, -0.15) is 0 Å². The Labute approximate surface area is 170 Å². The highest BCUT2D eigenvalue weighted by molar-refractivity contribution is 8.00. The monoisotopic (exact) mass is 425 g/mol. The van der Waals surface area contributed by atoms with E-state index in [1.165, 1.54) is 42.1 Å². The highest BCUT2D eigenvalue weighted by Crippen LogP contribution is 2.42. The van der Waals surface area contributed by atoms with E-state index < -0.39 is 17.5 Å². The predicted molar refractivity (Wildman–Crippen MR) is 105 cm³/mol. The van der Waals surface area contributed by atoms with E-state index in [4.69, 9.17) is 16.3 Å². The molecule has 0 saturated heterocycles. The van der Waals surface area contributed by atoms with E-state index in [2.05, 4.69) is 5.32 Å². The van der Waals surface area contributed by atoms with E-state index in [0.29, 0.717) is 30.0 Å². The van der Waals surface area contributed by atoms with Gasteiger partial charge in [-0.15, -0.1) is 11.8 Å². The standard InChI is InChI=1S/C20H18ClF2NO3S/c1-2-27-20(26)12-7-14(8-12)28-18-9-11(3-5-17(18)23)19(25)24-13-4-6-16(22)15(21)10-13/h3-6,9-10,12,14H,2,7-8H2,1H3,(H,24,25). The fourth-order valence-corrected chi connectivity index (χ4v) is 4.38. The summed E-state index contributed by atoms with van der Waals surface area (Å²) in [4.78, 5) is 24.4. The maximum Gasteiger partial charge on any atom is 0.308 e. The number of ether oxygens (including phenoxy) is 1. The molecule has 1 aliphatic rings. The molecule has 0 atom stereocenters. The molecule has 3 rings (SSSR count). The Bertz CT molecular complexity index is 903. The Balaban J connectivity index is 1.64. The molecule has 8 heteroatoms. The molecule has 148 valence electrons. The highest BCUT2D eigenvalue weighted by Gasteiger charge is 2.36. The van der Waals surface area contributed by atoms with Gasteiger partial charge < -0.3 is 10.1 Å². The third kappa shape index (κ3) is 4.83. The van der Waals surface area contributed by atoms with Gasteiger partial charge in [-0.3, -0.25) is 9.59 Å². The van der Waals surface area contributed by atoms with Gasteiger partial charge in [0.1, 0.15) is 11.6 Å². The quantitative estimate of drug-likeness (QED) is 0.638. The summed E-state index contributed by atoms with van der Waals surface area (Å²) < 4.78 is 32.4. The zero-order valence-electron chi connectivity index (χ0n) is 15.0. The summed E-state index contributed by atoms with van der Waals surface area (Å²) in [7, 11) is 0. The van der Waals surface area contributed by atoms with Crippen LogP contribution in [0.4, 0.5) is 14.5 Å². The van der Waals surface area contributed by atoms with Crippen LogP contribution in [0.2, 0.25) is 5.02 Å². The largest absolute Gasteiger partial charge is 0.466 e. The van der Waals surface area contributed by atoms with Gasteiger partial charge >= 0.3 is 5.97 Å². The van der Waals surface area contributed by atoms with E-state index in [9.17, 15) is 18.4 Å². The molecule has 4 nitrogen and oxygen atoms in total. The van der Waals surface area contributed by atoms with E-state index in [1.807, 2.05) is 0 Å². The molecule has 2 aromatic rings. The van der Waals surface area contributed by atoms with E-state index in [-0.39, 0.29) is 27.7 Å². The van der Waals surface area contributed by atoms with Crippen LogP contribution in [0.25, 0.3) is 0 Å². The van der Waals surface area contributed by atoms with Gasteiger partial charge in [-0.1, -0.05) is 11.6 Å². The minimum Gasteiger partial charge on any atom is -0.466 e. The Morgan fingerprint density at radius 1 is 1.18 bits per heavy atom. The average Bonchev–Trinajstić information content (AvgIpc) is 2.62. The predicted octanol–water partition coefficient (Wildman–Crippen LogP) is 5.30. The molecule has 0 aliphatic heterocycles. The van der Waals surface area contributed by atoms with Crippen molar-refractivity contribution in [2.24, 2.45) is 5.92 Å². The van der Waals surface area contributed by atoms with E-state index in [0.717, 1.165) is 6.07 Å². The van der Waals surface area contributed by atoms with Gasteiger partial charge in [0, 0.05) is 21.4 Å². The molecular formula is C20H18ClF2NO3S. The second-order valence-corrected chi connectivity index (χ2v) is 8.14. The molecule has 1 aliphatic carbocycles. The Morgan fingerprint density at radius 3 is 2.57 bits per heavy atom. The fraction of sp³-hybridized carbons (Fsp3) is 0.300. The molecule has 0 unspecified atom stereocenters. The number of halogens is 3. The molecular weight excluding hydrogens is 408 g/mol. The number of thioether (sulfide) groups is 1. The van der Waals surface area contributed by atoms with Gasteiger partial charge in [0.15, 0.2) is 0 Å². The molecule has 0 spiro atoms. The number of rotatable bonds is 6. The number of hydrogen-bond acceptors (Lipinski definition) is 4. The van der Waals surface area contributed by atoms with Crippen molar-refractivity contribution in [2.75, 3.05) is 11.9 Å². The lowest BCUT2D eigenvalue weighted by molar-refractivity contribution is -0.150. The molecule has 0 bridgehead atoms. The molecule has 2 aromatic carbocycles. The van der Waals surface area contributed by atoms with Crippen molar-refractivity contribution >= 4 is 40.9 Å². The van der Waals surface area contributed by atoms with Crippen molar-refractivity contribution < 1.29 is 23.1 Å². The SMILES string of the molecule is CCOC(=O)C1CC(Sc2cc(C(=O)Nc3ccc(F)c(Cl)c3)ccc2F)C1. The zero-order valence-corrected chi connectivity index (χ0v) is 16.6. The summed E-state index contributed by atoms with van der Waals surface area (Å²) in [5.74, 6) is -1.82. The second-order valence-electron chi connectivity index (χ2n) is 6.39. The number of benzene rings is 2. The minimum absolute atomic E-state index is 0.0955. The first-order valence-corrected chi connectivity index (χ1v) is 10.0. The molecule has 1 amide bonds. The van der Waals surface area contributed by atoms with Crippen LogP contribution in [0.1, 0.15) is 30.1 Å². The van der Waals surface area contributed by atoms with Crippen molar-refractivity contribution in [1.29, 1.82) is 0 Å². The second kappa shape index (κ2) is 8.92. The minimum atomic E-state index is -0.582. The normalized spacial score (nSPS) is 18.3. The first-order valence-electron chi connectivity index (χ1n) is 8.76. The summed E-state index contributed by atoms with van der Waals surface area (Å²) in [5, 5.41) is 2.60. The number of carbonyl (C=O) groups excluding carboxylic acids is 2. The number of esters is 1. The maximum atomic E-state index is 14.2. The first kappa shape index (κ1) is 20.6. The summed E-state index contributed by atoms with van der Waals surface area (Å²) in [6.45, 7) is 2.10. The number of hydrogen-bond donors (Lipinski definition) is 1. The van der Waals surface area contributed by atoms with Gasteiger partial charge in [-0.05, 0) is 56.2 Å². The van der Waals surface area contributed by atoms with Crippen LogP contribution in [0.15, 0.2) is 41.3 Å². The Kier molecular flexibility index (Phi) is 6.57. The number of anilines is 1. The van der Waals surface area contributed by atoms with Gasteiger partial charge in [0.05, 0.1) is 17.5 Å². The van der Waals surface area contributed by atoms with Crippen LogP contribution in [-0.4, -0.2) is 23.7 Å². The summed E-state index contributed by atoms with van der Waals surface area (Å²) in [6, 6.07) is 7.93. The molecule has 1 N–H and O–H groups in total. The number of amides is 1. The van der Waals surface area contributed by atoms with Crippen LogP contribution in [-0.2, 0) is 9.53 Å². The van der Waals surface area contributed by atoms with Crippen molar-refractivity contribution in [3.63, 3.8) is 0 Å².